The van der Waals surface area contributed by atoms with Crippen LogP contribution in [0, 0.1) is 5.92 Å². The van der Waals surface area contributed by atoms with Crippen LogP contribution < -0.4 is 0 Å². The van der Waals surface area contributed by atoms with Crippen molar-refractivity contribution in [1.82, 2.24) is 4.98 Å². The molecule has 0 spiro atoms. The lowest BCUT2D eigenvalue weighted by molar-refractivity contribution is -0.148. The van der Waals surface area contributed by atoms with Crippen molar-refractivity contribution in [3.05, 3.63) is 48.3 Å². The molecular formula is C20H22N2O3. The molecule has 1 aromatic heterocycles. The van der Waals surface area contributed by atoms with Gasteiger partial charge in [0.2, 0.25) is 0 Å². The van der Waals surface area contributed by atoms with E-state index in [0.717, 1.165) is 23.2 Å². The first-order chi connectivity index (χ1) is 12.0. The molecule has 25 heavy (non-hydrogen) atoms. The first kappa shape index (κ1) is 18.5. The first-order valence-electron chi connectivity index (χ1n) is 8.31. The number of rotatable bonds is 7. The van der Waals surface area contributed by atoms with Crippen LogP contribution in [0.25, 0.3) is 11.1 Å². The monoisotopic (exact) mass is 338 g/mol. The fraction of sp³-hybridized carbons (Fsp3) is 0.300. The molecule has 0 aliphatic heterocycles. The van der Waals surface area contributed by atoms with Gasteiger partial charge >= 0.3 is 5.97 Å². The number of hydrogen-bond donors (Lipinski definition) is 0. The zero-order chi connectivity index (χ0) is 18.2. The van der Waals surface area contributed by atoms with E-state index in [2.05, 4.69) is 16.9 Å². The van der Waals surface area contributed by atoms with E-state index < -0.39 is 11.9 Å². The number of Topliss-reactive ketones (excluding diaryl/α,β-unsaturated/α-hetero) is 1. The van der Waals surface area contributed by atoms with Gasteiger partial charge in [0.05, 0.1) is 12.3 Å². The lowest BCUT2D eigenvalue weighted by Gasteiger charge is -2.08. The SMILES string of the molecule is CCOC(=O)C(C=Nc1cccc(-c2ccnc(CC)c2)c1)C(C)=O. The van der Waals surface area contributed by atoms with Gasteiger partial charge in [-0.1, -0.05) is 19.1 Å². The molecule has 1 unspecified atom stereocenters. The minimum atomic E-state index is -0.976. The third kappa shape index (κ3) is 5.08. The lowest BCUT2D eigenvalue weighted by atomic mass is 10.0. The third-order valence-electron chi connectivity index (χ3n) is 3.71. The summed E-state index contributed by atoms with van der Waals surface area (Å²) >= 11 is 0. The van der Waals surface area contributed by atoms with Gasteiger partial charge in [-0.15, -0.1) is 0 Å². The van der Waals surface area contributed by atoms with Crippen molar-refractivity contribution in [2.24, 2.45) is 10.9 Å². The van der Waals surface area contributed by atoms with Crippen LogP contribution in [0.1, 0.15) is 26.5 Å². The number of carbonyl (C=O) groups excluding carboxylic acids is 2. The Morgan fingerprint density at radius 3 is 2.64 bits per heavy atom. The summed E-state index contributed by atoms with van der Waals surface area (Å²) in [6.07, 6.45) is 4.01. The van der Waals surface area contributed by atoms with E-state index in [4.69, 9.17) is 4.74 Å². The maximum Gasteiger partial charge on any atom is 0.321 e. The van der Waals surface area contributed by atoms with Gasteiger partial charge in [-0.2, -0.15) is 0 Å². The molecule has 0 bridgehead atoms. The maximum absolute atomic E-state index is 11.8. The molecule has 0 radical (unpaired) electrons. The van der Waals surface area contributed by atoms with Crippen LogP contribution in [-0.2, 0) is 20.7 Å². The predicted octanol–water partition coefficient (Wildman–Crippen LogP) is 3.78. The number of aryl methyl sites for hydroxylation is 1. The van der Waals surface area contributed by atoms with Crippen molar-refractivity contribution >= 4 is 23.7 Å². The average molecular weight is 338 g/mol. The van der Waals surface area contributed by atoms with E-state index in [9.17, 15) is 9.59 Å². The van der Waals surface area contributed by atoms with Crippen LogP contribution in [0.2, 0.25) is 0 Å². The summed E-state index contributed by atoms with van der Waals surface area (Å²) < 4.78 is 4.91. The Bertz CT molecular complexity index is 784. The van der Waals surface area contributed by atoms with Crippen molar-refractivity contribution in [1.29, 1.82) is 0 Å². The van der Waals surface area contributed by atoms with Crippen LogP contribution in [0.4, 0.5) is 5.69 Å². The number of benzene rings is 1. The van der Waals surface area contributed by atoms with Crippen LogP contribution in [-0.4, -0.2) is 29.6 Å². The second-order valence-electron chi connectivity index (χ2n) is 5.56. The number of nitrogens with zero attached hydrogens (tertiary/aromatic N) is 2. The van der Waals surface area contributed by atoms with Crippen molar-refractivity contribution < 1.29 is 14.3 Å². The van der Waals surface area contributed by atoms with Crippen LogP contribution in [0.5, 0.6) is 0 Å². The van der Waals surface area contributed by atoms with Crippen molar-refractivity contribution in [3.8, 4) is 11.1 Å². The second-order valence-corrected chi connectivity index (χ2v) is 5.56. The Morgan fingerprint density at radius 2 is 1.96 bits per heavy atom. The summed E-state index contributed by atoms with van der Waals surface area (Å²) in [7, 11) is 0. The molecule has 5 nitrogen and oxygen atoms in total. The summed E-state index contributed by atoms with van der Waals surface area (Å²) in [5.74, 6) is -1.84. The van der Waals surface area contributed by atoms with Gasteiger partial charge in [-0.05, 0) is 55.7 Å². The molecule has 130 valence electrons. The summed E-state index contributed by atoms with van der Waals surface area (Å²) in [6.45, 7) is 5.35. The van der Waals surface area contributed by atoms with Gasteiger partial charge in [-0.3, -0.25) is 19.6 Å². The minimum Gasteiger partial charge on any atom is -0.465 e. The van der Waals surface area contributed by atoms with Crippen molar-refractivity contribution in [2.75, 3.05) is 6.61 Å². The van der Waals surface area contributed by atoms with Gasteiger partial charge in [0, 0.05) is 18.1 Å². The Hall–Kier alpha value is -2.82. The minimum absolute atomic E-state index is 0.230. The summed E-state index contributed by atoms with van der Waals surface area (Å²) in [5.41, 5.74) is 3.74. The van der Waals surface area contributed by atoms with Crippen LogP contribution in [0.3, 0.4) is 0 Å². The Morgan fingerprint density at radius 1 is 1.20 bits per heavy atom. The topological polar surface area (TPSA) is 68.6 Å². The molecule has 0 saturated carbocycles. The number of hydrogen-bond acceptors (Lipinski definition) is 5. The molecule has 0 N–H and O–H groups in total. The van der Waals surface area contributed by atoms with Crippen molar-refractivity contribution in [2.45, 2.75) is 27.2 Å². The number of carbonyl (C=O) groups is 2. The number of pyridine rings is 1. The zero-order valence-electron chi connectivity index (χ0n) is 14.7. The molecule has 1 aromatic carbocycles. The van der Waals surface area contributed by atoms with E-state index in [1.807, 2.05) is 36.4 Å². The fourth-order valence-corrected chi connectivity index (χ4v) is 2.34. The number of ether oxygens (including phenoxy) is 1. The Balaban J connectivity index is 2.25. The maximum atomic E-state index is 11.8. The van der Waals surface area contributed by atoms with Crippen LogP contribution in [0.15, 0.2) is 47.6 Å². The first-order valence-corrected chi connectivity index (χ1v) is 8.31. The number of esters is 1. The molecule has 2 aromatic rings. The average Bonchev–Trinajstić information content (AvgIpc) is 2.62. The van der Waals surface area contributed by atoms with E-state index >= 15 is 0 Å². The largest absolute Gasteiger partial charge is 0.465 e. The molecule has 2 rings (SSSR count). The number of aromatic nitrogens is 1. The van der Waals surface area contributed by atoms with E-state index in [-0.39, 0.29) is 12.4 Å². The van der Waals surface area contributed by atoms with Gasteiger partial charge in [0.25, 0.3) is 0 Å². The van der Waals surface area contributed by atoms with Gasteiger partial charge in [0.15, 0.2) is 5.92 Å². The zero-order valence-corrected chi connectivity index (χ0v) is 14.7. The molecule has 5 heteroatoms. The molecule has 0 aliphatic carbocycles. The predicted molar refractivity (Wildman–Crippen MR) is 98.0 cm³/mol. The number of ketones is 1. The Labute approximate surface area is 147 Å². The molecule has 0 amide bonds. The summed E-state index contributed by atoms with van der Waals surface area (Å²) in [4.78, 5) is 32.1. The van der Waals surface area contributed by atoms with Gasteiger partial charge < -0.3 is 4.74 Å². The number of aliphatic imine (C=N–C) groups is 1. The van der Waals surface area contributed by atoms with Crippen LogP contribution >= 0.6 is 0 Å². The van der Waals surface area contributed by atoms with Gasteiger partial charge in [-0.25, -0.2) is 0 Å². The molecule has 0 aliphatic rings. The molecule has 0 fully saturated rings. The molecular weight excluding hydrogens is 316 g/mol. The Kier molecular flexibility index (Phi) is 6.57. The summed E-state index contributed by atoms with van der Waals surface area (Å²) in [5, 5.41) is 0. The highest BCUT2D eigenvalue weighted by atomic mass is 16.5. The van der Waals surface area contributed by atoms with Crippen molar-refractivity contribution in [3.63, 3.8) is 0 Å². The normalized spacial score (nSPS) is 12.1. The van der Waals surface area contributed by atoms with Gasteiger partial charge in [0.1, 0.15) is 5.78 Å². The van der Waals surface area contributed by atoms with E-state index in [1.165, 1.54) is 13.1 Å². The highest BCUT2D eigenvalue weighted by Crippen LogP contribution is 2.24. The second kappa shape index (κ2) is 8.87. The third-order valence-corrected chi connectivity index (χ3v) is 3.71. The molecule has 1 heterocycles. The summed E-state index contributed by atoms with van der Waals surface area (Å²) in [6, 6.07) is 11.6. The standard InChI is InChI=1S/C20H22N2O3/c1-4-17-11-16(9-10-21-17)15-7-6-8-18(12-15)22-13-19(14(3)23)20(24)25-5-2/h6-13,19H,4-5H2,1-3H3. The highest BCUT2D eigenvalue weighted by molar-refractivity contribution is 6.11. The molecule has 1 atom stereocenters. The van der Waals surface area contributed by atoms with E-state index in [0.29, 0.717) is 5.69 Å². The molecule has 0 saturated heterocycles. The fourth-order valence-electron chi connectivity index (χ4n) is 2.34. The highest BCUT2D eigenvalue weighted by Gasteiger charge is 2.22. The quantitative estimate of drug-likeness (QED) is 0.438. The smallest absolute Gasteiger partial charge is 0.321 e. The van der Waals surface area contributed by atoms with E-state index in [1.54, 1.807) is 13.1 Å². The lowest BCUT2D eigenvalue weighted by Crippen LogP contribution is -2.25.